The summed E-state index contributed by atoms with van der Waals surface area (Å²) in [5, 5.41) is 9.09. The van der Waals surface area contributed by atoms with E-state index in [-0.39, 0.29) is 18.5 Å². The highest BCUT2D eigenvalue weighted by Crippen LogP contribution is 2.33. The average molecular weight is 355 g/mol. The Balaban J connectivity index is 1.95. The predicted molar refractivity (Wildman–Crippen MR) is 85.6 cm³/mol. The lowest BCUT2D eigenvalue weighted by atomic mass is 10.0. The van der Waals surface area contributed by atoms with E-state index >= 15 is 0 Å². The molecule has 0 aromatic carbocycles. The minimum absolute atomic E-state index is 0.109. The number of hydrogen-bond acceptors (Lipinski definition) is 3. The third-order valence-corrected chi connectivity index (χ3v) is 4.73. The number of carboxylic acid groups (broad SMARTS) is 1. The lowest BCUT2D eigenvalue weighted by molar-refractivity contribution is -0.192. The van der Waals surface area contributed by atoms with Gasteiger partial charge in [-0.25, -0.2) is 9.78 Å². The van der Waals surface area contributed by atoms with E-state index in [0.717, 1.165) is 12.1 Å². The second-order valence-electron chi connectivity index (χ2n) is 6.33. The van der Waals surface area contributed by atoms with E-state index in [1.807, 2.05) is 6.92 Å². The summed E-state index contributed by atoms with van der Waals surface area (Å²) in [6, 6.07) is 1.48. The van der Waals surface area contributed by atoms with Crippen molar-refractivity contribution in [1.29, 1.82) is 0 Å². The number of pyridine rings is 1. The van der Waals surface area contributed by atoms with Crippen LogP contribution in [0.15, 0.2) is 18.3 Å². The van der Waals surface area contributed by atoms with Gasteiger partial charge in [0.2, 0.25) is 0 Å². The molecule has 3 heterocycles. The van der Waals surface area contributed by atoms with Gasteiger partial charge in [-0.1, -0.05) is 13.3 Å². The van der Waals surface area contributed by atoms with E-state index in [0.29, 0.717) is 30.7 Å². The topological polar surface area (TPSA) is 57.8 Å². The molecule has 1 N–H and O–H groups in total. The van der Waals surface area contributed by atoms with Crippen LogP contribution >= 0.6 is 0 Å². The fraction of sp³-hybridized carbons (Fsp3) is 0.529. The van der Waals surface area contributed by atoms with Crippen molar-refractivity contribution in [3.05, 3.63) is 35.3 Å². The number of halogens is 3. The van der Waals surface area contributed by atoms with Crippen molar-refractivity contribution in [2.24, 2.45) is 0 Å². The van der Waals surface area contributed by atoms with E-state index in [9.17, 15) is 18.0 Å². The van der Waals surface area contributed by atoms with Crippen LogP contribution in [-0.2, 0) is 13.0 Å². The first kappa shape index (κ1) is 17.7. The number of carbonyl (C=O) groups is 1. The van der Waals surface area contributed by atoms with Crippen LogP contribution in [0.4, 0.5) is 13.2 Å². The van der Waals surface area contributed by atoms with Gasteiger partial charge in [-0.15, -0.1) is 0 Å². The zero-order chi connectivity index (χ0) is 18.2. The molecule has 0 radical (unpaired) electrons. The van der Waals surface area contributed by atoms with E-state index in [4.69, 9.17) is 5.11 Å². The zero-order valence-corrected chi connectivity index (χ0v) is 13.9. The number of aromatic nitrogens is 2. The van der Waals surface area contributed by atoms with Crippen molar-refractivity contribution < 1.29 is 23.1 Å². The second kappa shape index (κ2) is 6.67. The maximum atomic E-state index is 13.3. The highest BCUT2D eigenvalue weighted by Gasteiger charge is 2.44. The van der Waals surface area contributed by atoms with Crippen molar-refractivity contribution in [3.8, 4) is 0 Å². The molecule has 0 amide bonds. The molecular weight excluding hydrogens is 335 g/mol. The van der Waals surface area contributed by atoms with Gasteiger partial charge < -0.3 is 9.51 Å². The molecule has 136 valence electrons. The summed E-state index contributed by atoms with van der Waals surface area (Å²) in [4.78, 5) is 17.0. The minimum Gasteiger partial charge on any atom is -0.478 e. The molecule has 1 fully saturated rings. The Kier molecular flexibility index (Phi) is 4.73. The average Bonchev–Trinajstić information content (AvgIpc) is 2.90. The number of aryl methyl sites for hydroxylation is 1. The van der Waals surface area contributed by atoms with Crippen LogP contribution in [0.5, 0.6) is 0 Å². The molecule has 3 rings (SSSR count). The molecule has 5 nitrogen and oxygen atoms in total. The van der Waals surface area contributed by atoms with Gasteiger partial charge in [0.25, 0.3) is 0 Å². The molecule has 0 bridgehead atoms. The molecular formula is C17H20F3N3O2. The second-order valence-corrected chi connectivity index (χ2v) is 6.33. The summed E-state index contributed by atoms with van der Waals surface area (Å²) in [6.07, 6.45) is -0.595. The van der Waals surface area contributed by atoms with Crippen LogP contribution in [0.3, 0.4) is 0 Å². The van der Waals surface area contributed by atoms with Crippen molar-refractivity contribution in [1.82, 2.24) is 14.3 Å². The Hall–Kier alpha value is -2.09. The summed E-state index contributed by atoms with van der Waals surface area (Å²) < 4.78 is 41.6. The molecule has 1 aliphatic rings. The number of rotatable bonds is 4. The van der Waals surface area contributed by atoms with Crippen LogP contribution < -0.4 is 0 Å². The number of alkyl halides is 3. The quantitative estimate of drug-likeness (QED) is 0.912. The summed E-state index contributed by atoms with van der Waals surface area (Å²) in [7, 11) is 0. The summed E-state index contributed by atoms with van der Waals surface area (Å²) in [5.74, 6) is -1.06. The number of imidazole rings is 1. The van der Waals surface area contributed by atoms with Gasteiger partial charge in [0.15, 0.2) is 0 Å². The molecule has 1 atom stereocenters. The van der Waals surface area contributed by atoms with Gasteiger partial charge in [-0.3, -0.25) is 4.90 Å². The monoisotopic (exact) mass is 355 g/mol. The summed E-state index contributed by atoms with van der Waals surface area (Å²) in [6.45, 7) is 2.43. The smallest absolute Gasteiger partial charge is 0.404 e. The van der Waals surface area contributed by atoms with Gasteiger partial charge in [0.05, 0.1) is 11.3 Å². The molecule has 0 saturated carbocycles. The third kappa shape index (κ3) is 3.49. The third-order valence-electron chi connectivity index (χ3n) is 4.73. The number of carboxylic acids is 1. The maximum absolute atomic E-state index is 13.3. The number of aromatic carboxylic acids is 1. The first-order chi connectivity index (χ1) is 11.8. The molecule has 25 heavy (non-hydrogen) atoms. The molecule has 2 aromatic heterocycles. The molecule has 1 saturated heterocycles. The first-order valence-electron chi connectivity index (χ1n) is 8.35. The largest absolute Gasteiger partial charge is 0.478 e. The number of fused-ring (bicyclic) bond motifs is 1. The van der Waals surface area contributed by atoms with Gasteiger partial charge >= 0.3 is 12.1 Å². The van der Waals surface area contributed by atoms with E-state index in [1.54, 1.807) is 10.6 Å². The number of likely N-dealkylation sites (tertiary alicyclic amines) is 1. The highest BCUT2D eigenvalue weighted by molar-refractivity contribution is 5.88. The first-order valence-corrected chi connectivity index (χ1v) is 8.35. The van der Waals surface area contributed by atoms with Gasteiger partial charge in [-0.2, -0.15) is 13.2 Å². The van der Waals surface area contributed by atoms with Crippen LogP contribution in [0.2, 0.25) is 0 Å². The SMILES string of the molecule is CCc1c(CN2CCCCC2C(F)(F)F)nc2cc(C(=O)O)ccn12. The van der Waals surface area contributed by atoms with Crippen molar-refractivity contribution in [2.75, 3.05) is 6.54 Å². The fourth-order valence-corrected chi connectivity index (χ4v) is 3.52. The van der Waals surface area contributed by atoms with Crippen molar-refractivity contribution in [2.45, 2.75) is 51.4 Å². The lowest BCUT2D eigenvalue weighted by Gasteiger charge is -2.36. The molecule has 8 heteroatoms. The predicted octanol–water partition coefficient (Wildman–Crippen LogP) is 3.51. The van der Waals surface area contributed by atoms with Gasteiger partial charge in [-0.05, 0) is 37.9 Å². The molecule has 1 unspecified atom stereocenters. The molecule has 1 aliphatic heterocycles. The normalized spacial score (nSPS) is 19.4. The summed E-state index contributed by atoms with van der Waals surface area (Å²) in [5.41, 5.74) is 1.96. The Bertz CT molecular complexity index is 785. The van der Waals surface area contributed by atoms with Crippen LogP contribution in [0, 0.1) is 0 Å². The standard InChI is InChI=1S/C17H20F3N3O2/c1-2-13-12(10-22-7-4-3-5-14(22)17(18,19)20)21-15-9-11(16(24)25)6-8-23(13)15/h6,8-9,14H,2-5,7,10H2,1H3,(H,24,25). The van der Waals surface area contributed by atoms with Crippen molar-refractivity contribution in [3.63, 3.8) is 0 Å². The van der Waals surface area contributed by atoms with Crippen LogP contribution in [0.1, 0.15) is 47.9 Å². The van der Waals surface area contributed by atoms with E-state index < -0.39 is 18.2 Å². The van der Waals surface area contributed by atoms with E-state index in [1.165, 1.54) is 17.0 Å². The molecule has 0 spiro atoms. The lowest BCUT2D eigenvalue weighted by Crippen LogP contribution is -2.48. The molecule has 2 aromatic rings. The van der Waals surface area contributed by atoms with Gasteiger partial charge in [0.1, 0.15) is 11.7 Å². The molecule has 0 aliphatic carbocycles. The van der Waals surface area contributed by atoms with Crippen molar-refractivity contribution >= 4 is 11.6 Å². The number of hydrogen-bond donors (Lipinski definition) is 1. The summed E-state index contributed by atoms with van der Waals surface area (Å²) >= 11 is 0. The number of piperidine rings is 1. The zero-order valence-electron chi connectivity index (χ0n) is 13.9. The van der Waals surface area contributed by atoms with Crippen LogP contribution in [-0.4, -0.2) is 44.1 Å². The van der Waals surface area contributed by atoms with Gasteiger partial charge in [0, 0.05) is 18.4 Å². The maximum Gasteiger partial charge on any atom is 0.404 e. The Morgan fingerprint density at radius 2 is 2.16 bits per heavy atom. The minimum atomic E-state index is -4.25. The highest BCUT2D eigenvalue weighted by atomic mass is 19.4. The van der Waals surface area contributed by atoms with Crippen LogP contribution in [0.25, 0.3) is 5.65 Å². The Labute approximate surface area is 143 Å². The Morgan fingerprint density at radius 3 is 2.80 bits per heavy atom. The van der Waals surface area contributed by atoms with E-state index in [2.05, 4.69) is 4.98 Å². The Morgan fingerprint density at radius 1 is 1.40 bits per heavy atom. The fourth-order valence-electron chi connectivity index (χ4n) is 3.52. The number of nitrogens with zero attached hydrogens (tertiary/aromatic N) is 3.